The standard InChI is InChI=1S/C18H28N2O3/c1-12-7-8-14(19)9-15(12)18(6,10-13(2)21)11-20-16(22)23-17(3,4)5/h7-9H,10-11,19H2,1-6H3,(H,20,22). The molecule has 0 spiro atoms. The van der Waals surface area contributed by atoms with Crippen LogP contribution in [-0.4, -0.2) is 24.0 Å². The lowest BCUT2D eigenvalue weighted by atomic mass is 9.76. The molecule has 0 fully saturated rings. The van der Waals surface area contributed by atoms with Gasteiger partial charge >= 0.3 is 6.09 Å². The first-order chi connectivity index (χ1) is 10.4. The van der Waals surface area contributed by atoms with Gasteiger partial charge in [0.05, 0.1) is 0 Å². The van der Waals surface area contributed by atoms with E-state index in [2.05, 4.69) is 5.32 Å². The summed E-state index contributed by atoms with van der Waals surface area (Å²) in [6.45, 7) is 11.2. The number of rotatable bonds is 5. The quantitative estimate of drug-likeness (QED) is 0.815. The van der Waals surface area contributed by atoms with Crippen molar-refractivity contribution in [2.45, 2.75) is 59.0 Å². The van der Waals surface area contributed by atoms with Gasteiger partial charge in [-0.3, -0.25) is 4.79 Å². The molecule has 23 heavy (non-hydrogen) atoms. The van der Waals surface area contributed by atoms with Gasteiger partial charge in [-0.15, -0.1) is 0 Å². The van der Waals surface area contributed by atoms with Crippen molar-refractivity contribution in [3.05, 3.63) is 29.3 Å². The van der Waals surface area contributed by atoms with E-state index in [1.54, 1.807) is 6.92 Å². The summed E-state index contributed by atoms with van der Waals surface area (Å²) in [7, 11) is 0. The van der Waals surface area contributed by atoms with Crippen LogP contribution in [0.15, 0.2) is 18.2 Å². The zero-order valence-corrected chi connectivity index (χ0v) is 14.9. The average molecular weight is 320 g/mol. The SMILES string of the molecule is CC(=O)CC(C)(CNC(=O)OC(C)(C)C)c1cc(N)ccc1C. The molecule has 5 nitrogen and oxygen atoms in total. The number of hydrogen-bond acceptors (Lipinski definition) is 4. The van der Waals surface area contributed by atoms with Gasteiger partial charge in [0.25, 0.3) is 0 Å². The maximum atomic E-state index is 11.9. The van der Waals surface area contributed by atoms with E-state index in [0.717, 1.165) is 11.1 Å². The van der Waals surface area contributed by atoms with Crippen LogP contribution in [0.5, 0.6) is 0 Å². The molecule has 1 rings (SSSR count). The first-order valence-corrected chi connectivity index (χ1v) is 7.76. The zero-order valence-electron chi connectivity index (χ0n) is 14.9. The van der Waals surface area contributed by atoms with Gasteiger partial charge < -0.3 is 15.8 Å². The van der Waals surface area contributed by atoms with Crippen LogP contribution in [0.1, 0.15) is 52.2 Å². The van der Waals surface area contributed by atoms with Crippen LogP contribution in [0.3, 0.4) is 0 Å². The monoisotopic (exact) mass is 320 g/mol. The van der Waals surface area contributed by atoms with E-state index in [-0.39, 0.29) is 5.78 Å². The third-order valence-electron chi connectivity index (χ3n) is 3.57. The number of nitrogens with one attached hydrogen (secondary N) is 1. The molecule has 1 amide bonds. The van der Waals surface area contributed by atoms with Crippen molar-refractivity contribution >= 4 is 17.6 Å². The van der Waals surface area contributed by atoms with E-state index in [0.29, 0.717) is 18.7 Å². The summed E-state index contributed by atoms with van der Waals surface area (Å²) in [5, 5.41) is 2.78. The fraction of sp³-hybridized carbons (Fsp3) is 0.556. The maximum absolute atomic E-state index is 11.9. The fourth-order valence-corrected chi connectivity index (χ4v) is 2.67. The van der Waals surface area contributed by atoms with Crippen molar-refractivity contribution in [2.24, 2.45) is 0 Å². The Bertz CT molecular complexity index is 590. The molecule has 0 heterocycles. The number of amides is 1. The van der Waals surface area contributed by atoms with Crippen molar-refractivity contribution in [1.29, 1.82) is 0 Å². The molecule has 1 unspecified atom stereocenters. The number of ketones is 1. The van der Waals surface area contributed by atoms with Gasteiger partial charge in [0.1, 0.15) is 11.4 Å². The Balaban J connectivity index is 3.01. The molecular formula is C18H28N2O3. The number of ether oxygens (including phenoxy) is 1. The molecule has 1 atom stereocenters. The van der Waals surface area contributed by atoms with E-state index in [1.807, 2.05) is 52.8 Å². The third kappa shape index (κ3) is 5.93. The Morgan fingerprint density at radius 1 is 1.22 bits per heavy atom. The predicted octanol–water partition coefficient (Wildman–Crippen LogP) is 3.34. The first kappa shape index (κ1) is 19.0. The van der Waals surface area contributed by atoms with Crippen molar-refractivity contribution in [2.75, 3.05) is 12.3 Å². The van der Waals surface area contributed by atoms with E-state index in [1.165, 1.54) is 0 Å². The van der Waals surface area contributed by atoms with Crippen molar-refractivity contribution in [1.82, 2.24) is 5.32 Å². The molecule has 0 aliphatic carbocycles. The second kappa shape index (κ2) is 7.02. The molecule has 0 saturated carbocycles. The van der Waals surface area contributed by atoms with Crippen LogP contribution in [0, 0.1) is 6.92 Å². The molecular weight excluding hydrogens is 292 g/mol. The molecule has 0 saturated heterocycles. The summed E-state index contributed by atoms with van der Waals surface area (Å²) in [6, 6.07) is 5.62. The number of carbonyl (C=O) groups is 2. The van der Waals surface area contributed by atoms with Crippen LogP contribution in [0.2, 0.25) is 0 Å². The van der Waals surface area contributed by atoms with E-state index >= 15 is 0 Å². The highest BCUT2D eigenvalue weighted by Gasteiger charge is 2.31. The number of anilines is 1. The summed E-state index contributed by atoms with van der Waals surface area (Å²) in [5.74, 6) is 0.0558. The lowest BCUT2D eigenvalue weighted by Gasteiger charge is -2.32. The number of carbonyl (C=O) groups excluding carboxylic acids is 2. The molecule has 1 aromatic rings. The van der Waals surface area contributed by atoms with Gasteiger partial charge in [0.2, 0.25) is 0 Å². The Kier molecular flexibility index (Phi) is 5.81. The van der Waals surface area contributed by atoms with Crippen molar-refractivity contribution in [3.63, 3.8) is 0 Å². The number of alkyl carbamates (subject to hydrolysis) is 1. The fourth-order valence-electron chi connectivity index (χ4n) is 2.67. The second-order valence-corrected chi connectivity index (χ2v) is 7.37. The minimum absolute atomic E-state index is 0.0558. The molecule has 128 valence electrons. The van der Waals surface area contributed by atoms with Gasteiger partial charge in [0.15, 0.2) is 0 Å². The number of Topliss-reactive ketones (excluding diaryl/α,β-unsaturated/α-hetero) is 1. The van der Waals surface area contributed by atoms with Crippen molar-refractivity contribution in [3.8, 4) is 0 Å². The molecule has 0 bridgehead atoms. The van der Waals surface area contributed by atoms with Gasteiger partial charge in [0, 0.05) is 24.1 Å². The van der Waals surface area contributed by atoms with E-state index < -0.39 is 17.1 Å². The van der Waals surface area contributed by atoms with Crippen LogP contribution < -0.4 is 11.1 Å². The topological polar surface area (TPSA) is 81.4 Å². The normalized spacial score (nSPS) is 14.0. The summed E-state index contributed by atoms with van der Waals surface area (Å²) in [5.41, 5.74) is 7.43. The van der Waals surface area contributed by atoms with Gasteiger partial charge in [-0.05, 0) is 57.9 Å². The summed E-state index contributed by atoms with van der Waals surface area (Å²) >= 11 is 0. The van der Waals surface area contributed by atoms with Crippen LogP contribution in [0.25, 0.3) is 0 Å². The molecule has 3 N–H and O–H groups in total. The summed E-state index contributed by atoms with van der Waals surface area (Å²) in [4.78, 5) is 23.7. The Morgan fingerprint density at radius 3 is 2.35 bits per heavy atom. The van der Waals surface area contributed by atoms with E-state index in [9.17, 15) is 9.59 Å². The molecule has 5 heteroatoms. The van der Waals surface area contributed by atoms with Crippen LogP contribution in [-0.2, 0) is 14.9 Å². The lowest BCUT2D eigenvalue weighted by molar-refractivity contribution is -0.118. The van der Waals surface area contributed by atoms with Gasteiger partial charge in [-0.25, -0.2) is 4.79 Å². The predicted molar refractivity (Wildman–Crippen MR) is 92.5 cm³/mol. The highest BCUT2D eigenvalue weighted by Crippen LogP contribution is 2.31. The van der Waals surface area contributed by atoms with Crippen LogP contribution in [0.4, 0.5) is 10.5 Å². The number of nitrogen functional groups attached to an aromatic ring is 1. The Morgan fingerprint density at radius 2 is 1.83 bits per heavy atom. The van der Waals surface area contributed by atoms with E-state index in [4.69, 9.17) is 10.5 Å². The minimum Gasteiger partial charge on any atom is -0.444 e. The maximum Gasteiger partial charge on any atom is 0.407 e. The summed E-state index contributed by atoms with van der Waals surface area (Å²) < 4.78 is 5.27. The van der Waals surface area contributed by atoms with Crippen LogP contribution >= 0.6 is 0 Å². The Labute approximate surface area is 138 Å². The smallest absolute Gasteiger partial charge is 0.407 e. The van der Waals surface area contributed by atoms with Gasteiger partial charge in [-0.2, -0.15) is 0 Å². The molecule has 0 radical (unpaired) electrons. The largest absolute Gasteiger partial charge is 0.444 e. The first-order valence-electron chi connectivity index (χ1n) is 7.76. The number of benzene rings is 1. The highest BCUT2D eigenvalue weighted by atomic mass is 16.6. The number of nitrogens with two attached hydrogens (primary N) is 1. The Hall–Kier alpha value is -2.04. The minimum atomic E-state index is -0.561. The molecule has 0 aliphatic rings. The highest BCUT2D eigenvalue weighted by molar-refractivity contribution is 5.77. The second-order valence-electron chi connectivity index (χ2n) is 7.37. The zero-order chi connectivity index (χ0) is 17.8. The van der Waals surface area contributed by atoms with Gasteiger partial charge in [-0.1, -0.05) is 13.0 Å². The lowest BCUT2D eigenvalue weighted by Crippen LogP contribution is -2.42. The average Bonchev–Trinajstić information content (AvgIpc) is 2.36. The molecule has 0 aliphatic heterocycles. The molecule has 0 aromatic heterocycles. The van der Waals surface area contributed by atoms with Crippen molar-refractivity contribution < 1.29 is 14.3 Å². The molecule has 1 aromatic carbocycles. The summed E-state index contributed by atoms with van der Waals surface area (Å²) in [6.07, 6.45) is -0.179. The number of hydrogen-bond donors (Lipinski definition) is 2. The third-order valence-corrected chi connectivity index (χ3v) is 3.57. The number of aryl methyl sites for hydroxylation is 1.